The number of carboxylic acid groups (broad SMARTS) is 3. The summed E-state index contributed by atoms with van der Waals surface area (Å²) in [6, 6.07) is 24.2. The molecule has 0 spiro atoms. The van der Waals surface area contributed by atoms with Crippen molar-refractivity contribution in [1.29, 1.82) is 0 Å². The molecule has 3 aliphatic rings. The molecule has 5 N–H and O–H groups in total. The van der Waals surface area contributed by atoms with Gasteiger partial charge in [0.1, 0.15) is 42.2 Å². The van der Waals surface area contributed by atoms with Crippen molar-refractivity contribution in [3.8, 4) is 11.6 Å². The highest BCUT2D eigenvalue weighted by atomic mass is 79.9. The van der Waals surface area contributed by atoms with E-state index in [2.05, 4.69) is 119 Å². The lowest BCUT2D eigenvalue weighted by Crippen LogP contribution is -2.38. The first-order chi connectivity index (χ1) is 54.2. The molecule has 31 heteroatoms. The van der Waals surface area contributed by atoms with Crippen molar-refractivity contribution in [2.45, 2.75) is 266 Å². The number of hydrogen-bond donors (Lipinski definition) is 5. The lowest BCUT2D eigenvalue weighted by molar-refractivity contribution is -0.138. The van der Waals surface area contributed by atoms with Gasteiger partial charge in [-0.1, -0.05) is 162 Å². The Balaban J connectivity index is 0.000000183. The Hall–Kier alpha value is -10.6. The molecule has 612 valence electrons. The number of nitrogens with one attached hydrogen (secondary N) is 2. The summed E-state index contributed by atoms with van der Waals surface area (Å²) in [5, 5.41) is 35.0. The summed E-state index contributed by atoms with van der Waals surface area (Å²) in [7, 11) is 0. The number of aromatic nitrogens is 12. The van der Waals surface area contributed by atoms with E-state index in [1.807, 2.05) is 45.0 Å². The monoisotopic (exact) mass is 1630 g/mol. The van der Waals surface area contributed by atoms with Crippen LogP contribution in [0.25, 0.3) is 33.5 Å². The first-order valence-electron chi connectivity index (χ1n) is 39.7. The molecule has 6 aromatic heterocycles. The number of carboxylic acids is 3. The van der Waals surface area contributed by atoms with Gasteiger partial charge < -0.3 is 58.6 Å². The van der Waals surface area contributed by atoms with Crippen LogP contribution < -0.4 is 30.1 Å². The number of halogens is 1. The molecular weight excluding hydrogens is 1520 g/mol. The van der Waals surface area contributed by atoms with Gasteiger partial charge in [-0.15, -0.1) is 0 Å². The number of aliphatic carboxylic acids is 3. The third-order valence-corrected chi connectivity index (χ3v) is 19.7. The van der Waals surface area contributed by atoms with Crippen molar-refractivity contribution < 1.29 is 63.0 Å². The standard InChI is InChI=1S/C31H34BrN5O5.C31H42N6O4.C21H34N6O4/c1-31(2,3)42-30(40)37(17-20-12-14-22(15-13-20)21-8-5-4-6-9-21)29-34-27-26(33-19-36(27)18-25(38)39)28(35-29)41-24-11-7-10-23(32)16-24;1-31(2,3)41-30(40)37(18-21-14-16-23(17-15-21)22-10-6-4-7-11-22)29-34-27(33-24-12-8-5-9-13-24)26-28(35-29)36(20-32-26)19-25(38)39;1-7-8-9-10-27(20(30)31-21(4,5)6)19-24-17(22-11-14(2)3)16-18(25-19)26(13-23-16)12-15(28)29/h7,10-16,19,21H,4-6,8-9,17-18H2,1-3H3,(H,38,39);14-17,20,22,24H,4-13,18-19H2,1-3H3,(H,38,39)(H,33,34,35);13-14H,7-12H2,1-6H3,(H,28,29)(H,22,24,25). The highest BCUT2D eigenvalue weighted by Gasteiger charge is 2.33. The van der Waals surface area contributed by atoms with Crippen LogP contribution in [-0.2, 0) is 61.3 Å². The second kappa shape index (κ2) is 39.0. The van der Waals surface area contributed by atoms with Crippen LogP contribution in [0.4, 0.5) is 43.9 Å². The lowest BCUT2D eigenvalue weighted by Gasteiger charge is -2.27. The normalized spacial score (nSPS) is 14.5. The van der Waals surface area contributed by atoms with Crippen molar-refractivity contribution >= 4 is 115 Å². The van der Waals surface area contributed by atoms with Gasteiger partial charge in [0, 0.05) is 23.6 Å². The van der Waals surface area contributed by atoms with E-state index in [-0.39, 0.29) is 73.7 Å². The number of benzene rings is 3. The van der Waals surface area contributed by atoms with Crippen molar-refractivity contribution in [3.05, 3.63) is 119 Å². The van der Waals surface area contributed by atoms with E-state index in [1.54, 1.807) is 53.7 Å². The molecule has 0 aliphatic heterocycles. The summed E-state index contributed by atoms with van der Waals surface area (Å²) < 4.78 is 28.3. The molecule has 3 aromatic carbocycles. The molecule has 0 atom stereocenters. The quantitative estimate of drug-likeness (QED) is 0.0248. The number of ether oxygens (including phenoxy) is 4. The molecule has 0 radical (unpaired) electrons. The average Bonchev–Trinajstić information content (AvgIpc) is 1.58. The second-order valence-electron chi connectivity index (χ2n) is 32.8. The van der Waals surface area contributed by atoms with E-state index in [0.29, 0.717) is 70.6 Å². The Morgan fingerprint density at radius 1 is 0.509 bits per heavy atom. The number of carbonyl (C=O) groups is 6. The number of amides is 3. The summed E-state index contributed by atoms with van der Waals surface area (Å²) in [4.78, 5) is 120. The smallest absolute Gasteiger partial charge is 0.417 e. The van der Waals surface area contributed by atoms with Crippen LogP contribution in [0, 0.1) is 5.92 Å². The Bertz CT molecular complexity index is 4760. The summed E-state index contributed by atoms with van der Waals surface area (Å²) in [5.41, 5.74) is 4.42. The number of fused-ring (bicyclic) bond motifs is 3. The fraction of sp³-hybridized carbons (Fsp3) is 0.530. The van der Waals surface area contributed by atoms with Crippen molar-refractivity contribution in [1.82, 2.24) is 58.6 Å². The van der Waals surface area contributed by atoms with Crippen molar-refractivity contribution in [2.24, 2.45) is 5.92 Å². The number of nitrogens with zero attached hydrogens (tertiary/aromatic N) is 15. The van der Waals surface area contributed by atoms with Gasteiger partial charge in [-0.2, -0.15) is 29.9 Å². The molecule has 3 amide bonds. The third-order valence-electron chi connectivity index (χ3n) is 19.2. The van der Waals surface area contributed by atoms with E-state index in [4.69, 9.17) is 28.9 Å². The highest BCUT2D eigenvalue weighted by Crippen LogP contribution is 2.37. The minimum Gasteiger partial charge on any atom is -0.480 e. The second-order valence-corrected chi connectivity index (χ2v) is 33.7. The Morgan fingerprint density at radius 2 is 0.912 bits per heavy atom. The Morgan fingerprint density at radius 3 is 1.34 bits per heavy atom. The predicted molar refractivity (Wildman–Crippen MR) is 439 cm³/mol. The SMILES string of the molecule is CC(C)(C)OC(=O)N(Cc1ccc(C2CCCCC2)cc1)c1nc(NC2CCCCC2)c2ncn(CC(=O)O)c2n1.CC(C)(C)OC(=O)N(Cc1ccc(C2CCCCC2)cc1)c1nc(Oc2cccc(Br)c2)c2ncn(CC(=O)O)c2n1.CCCCCN(C(=O)OC(C)(C)C)c1nc(NCC(C)C)c2ncn(CC(=O)O)c2n1. The van der Waals surface area contributed by atoms with Crippen LogP contribution in [0.5, 0.6) is 11.6 Å². The third kappa shape index (κ3) is 24.7. The molecule has 3 aliphatic carbocycles. The minimum absolute atomic E-state index is 0.00485. The number of imidazole rings is 3. The number of rotatable bonds is 26. The van der Waals surface area contributed by atoms with Crippen LogP contribution in [0.15, 0.2) is 96.3 Å². The van der Waals surface area contributed by atoms with E-state index < -0.39 is 53.0 Å². The highest BCUT2D eigenvalue weighted by molar-refractivity contribution is 9.10. The maximum atomic E-state index is 13.6. The van der Waals surface area contributed by atoms with Gasteiger partial charge in [-0.25, -0.2) is 44.0 Å². The molecule has 3 saturated carbocycles. The molecule has 0 saturated heterocycles. The summed E-state index contributed by atoms with van der Waals surface area (Å²) in [6.07, 6.45) is 23.2. The molecule has 3 fully saturated rings. The van der Waals surface area contributed by atoms with Gasteiger partial charge in [-0.3, -0.25) is 14.4 Å². The first kappa shape index (κ1) is 85.8. The Labute approximate surface area is 673 Å². The summed E-state index contributed by atoms with van der Waals surface area (Å²) >= 11 is 3.44. The summed E-state index contributed by atoms with van der Waals surface area (Å²) in [6.45, 7) is 22.9. The van der Waals surface area contributed by atoms with Crippen LogP contribution in [0.3, 0.4) is 0 Å². The van der Waals surface area contributed by atoms with Crippen LogP contribution in [-0.4, -0.2) is 146 Å². The average molecular weight is 1630 g/mol. The van der Waals surface area contributed by atoms with Crippen molar-refractivity contribution in [3.63, 3.8) is 0 Å². The maximum absolute atomic E-state index is 13.6. The maximum Gasteiger partial charge on any atom is 0.417 e. The zero-order valence-corrected chi connectivity index (χ0v) is 69.2. The fourth-order valence-electron chi connectivity index (χ4n) is 13.8. The van der Waals surface area contributed by atoms with Crippen LogP contribution >= 0.6 is 15.9 Å². The molecule has 114 heavy (non-hydrogen) atoms. The first-order valence-corrected chi connectivity index (χ1v) is 40.5. The number of hydrogen-bond acceptors (Lipinski definition) is 21. The number of carbonyl (C=O) groups excluding carboxylic acids is 3. The zero-order chi connectivity index (χ0) is 82.0. The van der Waals surface area contributed by atoms with E-state index >= 15 is 0 Å². The molecular formula is C83H110BrN17O13. The fourth-order valence-corrected chi connectivity index (χ4v) is 14.2. The van der Waals surface area contributed by atoms with Gasteiger partial charge in [0.2, 0.25) is 17.8 Å². The lowest BCUT2D eigenvalue weighted by atomic mass is 9.84. The molecule has 12 rings (SSSR count). The molecule has 6 heterocycles. The van der Waals surface area contributed by atoms with Gasteiger partial charge in [-0.05, 0) is 165 Å². The molecule has 0 bridgehead atoms. The van der Waals surface area contributed by atoms with Crippen molar-refractivity contribution in [2.75, 3.05) is 38.4 Å². The molecule has 0 unspecified atom stereocenters. The van der Waals surface area contributed by atoms with E-state index in [9.17, 15) is 44.1 Å². The van der Waals surface area contributed by atoms with Crippen LogP contribution in [0.2, 0.25) is 0 Å². The van der Waals surface area contributed by atoms with Crippen LogP contribution in [0.1, 0.15) is 233 Å². The van der Waals surface area contributed by atoms with Gasteiger partial charge in [0.05, 0.1) is 32.1 Å². The predicted octanol–water partition coefficient (Wildman–Crippen LogP) is 18.0. The van der Waals surface area contributed by atoms with Gasteiger partial charge >= 0.3 is 36.2 Å². The minimum atomic E-state index is -1.06. The zero-order valence-electron chi connectivity index (χ0n) is 67.7. The van der Waals surface area contributed by atoms with E-state index in [0.717, 1.165) is 60.5 Å². The Kier molecular flexibility index (Phi) is 29.3. The summed E-state index contributed by atoms with van der Waals surface area (Å²) in [5.74, 6) is 0.257. The number of anilines is 5. The van der Waals surface area contributed by atoms with E-state index in [1.165, 1.54) is 129 Å². The molecule has 9 aromatic rings. The molecule has 30 nitrogen and oxygen atoms in total. The number of unbranched alkanes of at least 4 members (excludes halogenated alkanes) is 2. The topological polar surface area (TPSA) is 365 Å². The van der Waals surface area contributed by atoms with Gasteiger partial charge in [0.15, 0.2) is 45.1 Å². The van der Waals surface area contributed by atoms with Gasteiger partial charge in [0.25, 0.3) is 5.88 Å². The largest absolute Gasteiger partial charge is 0.480 e.